The van der Waals surface area contributed by atoms with Crippen LogP contribution >= 0.6 is 0 Å². The third-order valence-corrected chi connectivity index (χ3v) is 2.70. The maximum absolute atomic E-state index is 10.1. The molecule has 0 saturated heterocycles. The lowest BCUT2D eigenvalue weighted by Crippen LogP contribution is -2.41. The highest BCUT2D eigenvalue weighted by atomic mass is 16.5. The molecule has 0 amide bonds. The molecule has 0 aliphatic heterocycles. The van der Waals surface area contributed by atoms with Crippen LogP contribution in [0, 0.1) is 0 Å². The van der Waals surface area contributed by atoms with Gasteiger partial charge in [0.1, 0.15) is 0 Å². The van der Waals surface area contributed by atoms with E-state index in [9.17, 15) is 5.11 Å². The largest absolute Gasteiger partial charge is 0.389 e. The first-order valence-corrected chi connectivity index (χ1v) is 5.56. The minimum Gasteiger partial charge on any atom is -0.389 e. The number of ether oxygens (including phenoxy) is 1. The number of hydrogen-bond donors (Lipinski definition) is 1. The number of rotatable bonds is 8. The number of hydrogen-bond acceptors (Lipinski definition) is 3. The second-order valence-corrected chi connectivity index (χ2v) is 3.87. The van der Waals surface area contributed by atoms with Crippen LogP contribution in [0.5, 0.6) is 0 Å². The first-order chi connectivity index (χ1) is 6.58. The summed E-state index contributed by atoms with van der Waals surface area (Å²) in [5.74, 6) is 0. The summed E-state index contributed by atoms with van der Waals surface area (Å²) >= 11 is 0. The molecule has 0 fully saturated rings. The summed E-state index contributed by atoms with van der Waals surface area (Å²) in [4.78, 5) is 2.13. The van der Waals surface area contributed by atoms with Gasteiger partial charge in [-0.15, -0.1) is 0 Å². The lowest BCUT2D eigenvalue weighted by atomic mass is 9.97. The highest BCUT2D eigenvalue weighted by Crippen LogP contribution is 2.15. The molecule has 14 heavy (non-hydrogen) atoms. The molecule has 0 bridgehead atoms. The topological polar surface area (TPSA) is 32.7 Å². The third-order valence-electron chi connectivity index (χ3n) is 2.70. The molecular weight excluding hydrogens is 178 g/mol. The van der Waals surface area contributed by atoms with Crippen molar-refractivity contribution in [1.82, 2.24) is 4.90 Å². The predicted octanol–water partition coefficient (Wildman–Crippen LogP) is 1.51. The van der Waals surface area contributed by atoms with Gasteiger partial charge in [0.15, 0.2) is 0 Å². The molecule has 0 aromatic carbocycles. The van der Waals surface area contributed by atoms with Crippen LogP contribution in [0.4, 0.5) is 0 Å². The summed E-state index contributed by atoms with van der Waals surface area (Å²) in [6, 6.07) is 0. The highest BCUT2D eigenvalue weighted by molar-refractivity contribution is 4.78. The molecule has 0 aliphatic rings. The van der Waals surface area contributed by atoms with Gasteiger partial charge in [-0.3, -0.25) is 0 Å². The van der Waals surface area contributed by atoms with Gasteiger partial charge in [-0.05, 0) is 26.8 Å². The zero-order chi connectivity index (χ0) is 11.0. The minimum atomic E-state index is -0.527. The van der Waals surface area contributed by atoms with Gasteiger partial charge in [-0.2, -0.15) is 0 Å². The molecule has 0 heterocycles. The highest BCUT2D eigenvalue weighted by Gasteiger charge is 2.23. The van der Waals surface area contributed by atoms with E-state index in [0.29, 0.717) is 0 Å². The Hall–Kier alpha value is -0.120. The number of aliphatic hydroxyl groups is 1. The predicted molar refractivity (Wildman–Crippen MR) is 59.5 cm³/mol. The zero-order valence-corrected chi connectivity index (χ0v) is 10.0. The van der Waals surface area contributed by atoms with E-state index in [1.54, 1.807) is 0 Å². The first kappa shape index (κ1) is 13.9. The Labute approximate surface area is 88.1 Å². The molecule has 0 spiro atoms. The molecule has 0 aromatic rings. The van der Waals surface area contributed by atoms with Crippen LogP contribution < -0.4 is 0 Å². The molecule has 0 saturated carbocycles. The average molecular weight is 203 g/mol. The lowest BCUT2D eigenvalue weighted by Gasteiger charge is -2.30. The van der Waals surface area contributed by atoms with Gasteiger partial charge >= 0.3 is 0 Å². The SMILES string of the molecule is CCOCCN(C)CC(O)(CC)CC. The Morgan fingerprint density at radius 2 is 1.79 bits per heavy atom. The minimum absolute atomic E-state index is 0.527. The number of likely N-dealkylation sites (N-methyl/N-ethyl adjacent to an activating group) is 1. The van der Waals surface area contributed by atoms with E-state index in [-0.39, 0.29) is 0 Å². The summed E-state index contributed by atoms with van der Waals surface area (Å²) < 4.78 is 5.26. The normalized spacial score (nSPS) is 12.4. The van der Waals surface area contributed by atoms with Gasteiger partial charge < -0.3 is 14.7 Å². The van der Waals surface area contributed by atoms with Crippen LogP contribution in [0.25, 0.3) is 0 Å². The van der Waals surface area contributed by atoms with Crippen molar-refractivity contribution in [2.45, 2.75) is 39.2 Å². The maximum atomic E-state index is 10.1. The van der Waals surface area contributed by atoms with E-state index in [2.05, 4.69) is 4.90 Å². The first-order valence-electron chi connectivity index (χ1n) is 5.56. The second kappa shape index (κ2) is 7.21. The van der Waals surface area contributed by atoms with Crippen LogP contribution in [0.3, 0.4) is 0 Å². The van der Waals surface area contributed by atoms with Crippen molar-refractivity contribution in [3.8, 4) is 0 Å². The Kier molecular flexibility index (Phi) is 7.15. The van der Waals surface area contributed by atoms with Crippen molar-refractivity contribution < 1.29 is 9.84 Å². The third kappa shape index (κ3) is 5.58. The summed E-state index contributed by atoms with van der Waals surface area (Å²) in [6.45, 7) is 9.17. The van der Waals surface area contributed by atoms with Gasteiger partial charge in [-0.25, -0.2) is 0 Å². The smallest absolute Gasteiger partial charge is 0.0768 e. The second-order valence-electron chi connectivity index (χ2n) is 3.87. The quantitative estimate of drug-likeness (QED) is 0.607. The van der Waals surface area contributed by atoms with Crippen LogP contribution in [-0.4, -0.2) is 49.0 Å². The molecule has 1 N–H and O–H groups in total. The van der Waals surface area contributed by atoms with E-state index < -0.39 is 5.60 Å². The lowest BCUT2D eigenvalue weighted by molar-refractivity contribution is -0.00298. The Bertz CT molecular complexity index is 135. The molecule has 0 aliphatic carbocycles. The van der Waals surface area contributed by atoms with Crippen molar-refractivity contribution in [2.75, 3.05) is 33.4 Å². The van der Waals surface area contributed by atoms with E-state index in [0.717, 1.165) is 39.1 Å². The number of nitrogens with zero attached hydrogens (tertiary/aromatic N) is 1. The molecule has 0 rings (SSSR count). The van der Waals surface area contributed by atoms with Crippen LogP contribution in [0.1, 0.15) is 33.6 Å². The molecule has 0 aromatic heterocycles. The van der Waals surface area contributed by atoms with Crippen LogP contribution in [-0.2, 0) is 4.74 Å². The van der Waals surface area contributed by atoms with E-state index in [4.69, 9.17) is 4.74 Å². The summed E-state index contributed by atoms with van der Waals surface area (Å²) in [5, 5.41) is 10.1. The van der Waals surface area contributed by atoms with Crippen molar-refractivity contribution in [2.24, 2.45) is 0 Å². The van der Waals surface area contributed by atoms with Gasteiger partial charge in [0.05, 0.1) is 12.2 Å². The van der Waals surface area contributed by atoms with Crippen LogP contribution in [0.2, 0.25) is 0 Å². The standard InChI is InChI=1S/C11H25NO2/c1-5-11(13,6-2)10-12(4)8-9-14-7-3/h13H,5-10H2,1-4H3. The molecule has 0 unspecified atom stereocenters. The molecule has 3 heteroatoms. The molecule has 3 nitrogen and oxygen atoms in total. The van der Waals surface area contributed by atoms with E-state index in [1.807, 2.05) is 27.8 Å². The van der Waals surface area contributed by atoms with Crippen molar-refractivity contribution in [1.29, 1.82) is 0 Å². The molecule has 0 radical (unpaired) electrons. The van der Waals surface area contributed by atoms with Crippen molar-refractivity contribution >= 4 is 0 Å². The summed E-state index contributed by atoms with van der Waals surface area (Å²) in [5.41, 5.74) is -0.527. The zero-order valence-electron chi connectivity index (χ0n) is 10.0. The van der Waals surface area contributed by atoms with Crippen LogP contribution in [0.15, 0.2) is 0 Å². The molecular formula is C11H25NO2. The van der Waals surface area contributed by atoms with Crippen molar-refractivity contribution in [3.63, 3.8) is 0 Å². The Morgan fingerprint density at radius 3 is 2.21 bits per heavy atom. The molecule has 0 atom stereocenters. The summed E-state index contributed by atoms with van der Waals surface area (Å²) in [7, 11) is 2.02. The fraction of sp³-hybridized carbons (Fsp3) is 1.00. The fourth-order valence-electron chi connectivity index (χ4n) is 1.42. The maximum Gasteiger partial charge on any atom is 0.0768 e. The van der Waals surface area contributed by atoms with E-state index >= 15 is 0 Å². The van der Waals surface area contributed by atoms with Gasteiger partial charge in [0.2, 0.25) is 0 Å². The Balaban J connectivity index is 3.73. The fourth-order valence-corrected chi connectivity index (χ4v) is 1.42. The van der Waals surface area contributed by atoms with Gasteiger partial charge in [0, 0.05) is 19.7 Å². The molecule has 86 valence electrons. The van der Waals surface area contributed by atoms with Gasteiger partial charge in [0.25, 0.3) is 0 Å². The Morgan fingerprint density at radius 1 is 1.21 bits per heavy atom. The van der Waals surface area contributed by atoms with Crippen molar-refractivity contribution in [3.05, 3.63) is 0 Å². The van der Waals surface area contributed by atoms with E-state index in [1.165, 1.54) is 0 Å². The average Bonchev–Trinajstić information content (AvgIpc) is 2.18. The monoisotopic (exact) mass is 203 g/mol. The summed E-state index contributed by atoms with van der Waals surface area (Å²) in [6.07, 6.45) is 1.62. The van der Waals surface area contributed by atoms with Gasteiger partial charge in [-0.1, -0.05) is 13.8 Å².